The molecule has 2 aromatic rings. The summed E-state index contributed by atoms with van der Waals surface area (Å²) in [6, 6.07) is 7.76. The van der Waals surface area contributed by atoms with Gasteiger partial charge in [-0.3, -0.25) is 0 Å². The minimum atomic E-state index is 0.140. The average molecular weight is 245 g/mol. The number of nitrogens with zero attached hydrogens (tertiary/aromatic N) is 4. The van der Waals surface area contributed by atoms with Crippen LogP contribution in [0, 0.1) is 0 Å². The van der Waals surface area contributed by atoms with Crippen LogP contribution in [0.2, 0.25) is 0 Å². The number of tetrazole rings is 1. The molecule has 6 heteroatoms. The van der Waals surface area contributed by atoms with Gasteiger partial charge in [-0.25, -0.2) is 4.68 Å². The van der Waals surface area contributed by atoms with E-state index in [1.54, 1.807) is 0 Å². The Morgan fingerprint density at radius 1 is 1.33 bits per heavy atom. The minimum absolute atomic E-state index is 0.140. The van der Waals surface area contributed by atoms with Crippen LogP contribution in [0.3, 0.4) is 0 Å². The maximum absolute atomic E-state index is 5.68. The Bertz CT molecular complexity index is 536. The van der Waals surface area contributed by atoms with Crippen LogP contribution in [0.5, 0.6) is 0 Å². The van der Waals surface area contributed by atoms with Crippen LogP contribution in [0.1, 0.15) is 19.4 Å². The molecule has 0 aliphatic carbocycles. The van der Waals surface area contributed by atoms with Crippen molar-refractivity contribution in [2.24, 2.45) is 0 Å². The summed E-state index contributed by atoms with van der Waals surface area (Å²) in [5.74, 6) is 0.761. The Morgan fingerprint density at radius 2 is 2.11 bits per heavy atom. The summed E-state index contributed by atoms with van der Waals surface area (Å²) in [5.41, 5.74) is 7.38. The van der Waals surface area contributed by atoms with Crippen molar-refractivity contribution >= 4 is 5.69 Å². The number of ether oxygens (including phenoxy) is 1. The summed E-state index contributed by atoms with van der Waals surface area (Å²) < 4.78 is 7.41. The van der Waals surface area contributed by atoms with Crippen molar-refractivity contribution < 1.29 is 4.74 Å². The molecule has 0 radical (unpaired) electrons. The molecule has 1 aromatic carbocycles. The van der Waals surface area contributed by atoms with E-state index in [1.807, 2.05) is 35.9 Å². The van der Waals surface area contributed by atoms with E-state index in [-0.39, 0.29) is 12.1 Å². The van der Waals surface area contributed by atoms with Gasteiger partial charge in [-0.2, -0.15) is 0 Å². The van der Waals surface area contributed by atoms with E-state index < -0.39 is 0 Å². The third kappa shape index (κ3) is 1.84. The lowest BCUT2D eigenvalue weighted by atomic mass is 10.1. The van der Waals surface area contributed by atoms with Crippen molar-refractivity contribution in [2.45, 2.75) is 25.5 Å². The summed E-state index contributed by atoms with van der Waals surface area (Å²) >= 11 is 0. The van der Waals surface area contributed by atoms with Crippen LogP contribution in [0.15, 0.2) is 24.3 Å². The highest BCUT2D eigenvalue weighted by Gasteiger charge is 2.29. The minimum Gasteiger partial charge on any atom is -0.399 e. The van der Waals surface area contributed by atoms with Gasteiger partial charge in [0.25, 0.3) is 0 Å². The fourth-order valence-corrected chi connectivity index (χ4v) is 2.28. The summed E-state index contributed by atoms with van der Waals surface area (Å²) in [7, 11) is 0. The van der Waals surface area contributed by atoms with Crippen LogP contribution in [0.25, 0.3) is 11.4 Å². The monoisotopic (exact) mass is 245 g/mol. The van der Waals surface area contributed by atoms with Crippen LogP contribution < -0.4 is 5.73 Å². The van der Waals surface area contributed by atoms with Crippen LogP contribution in [-0.2, 0) is 4.74 Å². The summed E-state index contributed by atoms with van der Waals surface area (Å²) in [6.45, 7) is 2.80. The van der Waals surface area contributed by atoms with Gasteiger partial charge in [-0.1, -0.05) is 0 Å². The highest BCUT2D eigenvalue weighted by Crippen LogP contribution is 2.28. The SMILES string of the molecule is CC1OCCC1n1nnnc1-c1ccc(N)cc1. The van der Waals surface area contributed by atoms with Gasteiger partial charge >= 0.3 is 0 Å². The predicted octanol–water partition coefficient (Wildman–Crippen LogP) is 1.27. The van der Waals surface area contributed by atoms with E-state index in [2.05, 4.69) is 15.5 Å². The van der Waals surface area contributed by atoms with Crippen LogP contribution in [0.4, 0.5) is 5.69 Å². The van der Waals surface area contributed by atoms with Gasteiger partial charge < -0.3 is 10.5 Å². The zero-order valence-corrected chi connectivity index (χ0v) is 10.2. The fraction of sp³-hybridized carbons (Fsp3) is 0.417. The van der Waals surface area contributed by atoms with E-state index in [4.69, 9.17) is 10.5 Å². The number of aromatic nitrogens is 4. The van der Waals surface area contributed by atoms with Gasteiger partial charge in [0.1, 0.15) is 0 Å². The van der Waals surface area contributed by atoms with Crippen molar-refractivity contribution in [2.75, 3.05) is 12.3 Å². The van der Waals surface area contributed by atoms with E-state index in [0.29, 0.717) is 0 Å². The molecule has 0 spiro atoms. The molecule has 0 amide bonds. The van der Waals surface area contributed by atoms with Gasteiger partial charge in [-0.05, 0) is 48.0 Å². The number of hydrogen-bond donors (Lipinski definition) is 1. The molecule has 1 saturated heterocycles. The lowest BCUT2D eigenvalue weighted by molar-refractivity contribution is 0.105. The highest BCUT2D eigenvalue weighted by molar-refractivity contribution is 5.58. The van der Waals surface area contributed by atoms with Gasteiger partial charge in [0.05, 0.1) is 12.1 Å². The van der Waals surface area contributed by atoms with Gasteiger partial charge in [0, 0.05) is 17.9 Å². The third-order valence-electron chi connectivity index (χ3n) is 3.31. The smallest absolute Gasteiger partial charge is 0.182 e. The van der Waals surface area contributed by atoms with E-state index in [0.717, 1.165) is 30.1 Å². The Kier molecular flexibility index (Phi) is 2.71. The first-order valence-electron chi connectivity index (χ1n) is 6.01. The van der Waals surface area contributed by atoms with Gasteiger partial charge in [-0.15, -0.1) is 5.10 Å². The first-order chi connectivity index (χ1) is 8.75. The number of hydrogen-bond acceptors (Lipinski definition) is 5. The van der Waals surface area contributed by atoms with Crippen molar-refractivity contribution in [3.05, 3.63) is 24.3 Å². The van der Waals surface area contributed by atoms with Crippen molar-refractivity contribution in [1.29, 1.82) is 0 Å². The molecule has 1 fully saturated rings. The van der Waals surface area contributed by atoms with E-state index in [9.17, 15) is 0 Å². The predicted molar refractivity (Wildman–Crippen MR) is 66.7 cm³/mol. The molecule has 2 N–H and O–H groups in total. The fourth-order valence-electron chi connectivity index (χ4n) is 2.28. The van der Waals surface area contributed by atoms with Crippen LogP contribution >= 0.6 is 0 Å². The molecule has 94 valence electrons. The number of nitrogen functional groups attached to an aromatic ring is 1. The molecular formula is C12H15N5O. The summed E-state index contributed by atoms with van der Waals surface area (Å²) in [4.78, 5) is 0. The maximum atomic E-state index is 5.68. The highest BCUT2D eigenvalue weighted by atomic mass is 16.5. The van der Waals surface area contributed by atoms with Crippen molar-refractivity contribution in [3.63, 3.8) is 0 Å². The number of rotatable bonds is 2. The van der Waals surface area contributed by atoms with Crippen molar-refractivity contribution in [1.82, 2.24) is 20.2 Å². The Balaban J connectivity index is 1.98. The molecule has 0 saturated carbocycles. The summed E-state index contributed by atoms with van der Waals surface area (Å²) in [5, 5.41) is 12.0. The standard InChI is InChI=1S/C12H15N5O/c1-8-11(6-7-18-8)17-12(14-15-16-17)9-2-4-10(13)5-3-9/h2-5,8,11H,6-7,13H2,1H3. The number of benzene rings is 1. The van der Waals surface area contributed by atoms with Gasteiger partial charge in [0.15, 0.2) is 5.82 Å². The van der Waals surface area contributed by atoms with Crippen molar-refractivity contribution in [3.8, 4) is 11.4 Å². The molecule has 2 heterocycles. The molecular weight excluding hydrogens is 230 g/mol. The zero-order valence-electron chi connectivity index (χ0n) is 10.2. The quantitative estimate of drug-likeness (QED) is 0.806. The molecule has 6 nitrogen and oxygen atoms in total. The lowest BCUT2D eigenvalue weighted by Crippen LogP contribution is -2.19. The Morgan fingerprint density at radius 3 is 2.78 bits per heavy atom. The second kappa shape index (κ2) is 4.38. The molecule has 0 bridgehead atoms. The lowest BCUT2D eigenvalue weighted by Gasteiger charge is -2.15. The topological polar surface area (TPSA) is 78.8 Å². The second-order valence-electron chi connectivity index (χ2n) is 4.50. The van der Waals surface area contributed by atoms with Gasteiger partial charge in [0.2, 0.25) is 0 Å². The maximum Gasteiger partial charge on any atom is 0.182 e. The average Bonchev–Trinajstić information content (AvgIpc) is 2.98. The second-order valence-corrected chi connectivity index (χ2v) is 4.50. The molecule has 2 atom stereocenters. The third-order valence-corrected chi connectivity index (χ3v) is 3.31. The molecule has 1 aromatic heterocycles. The molecule has 1 aliphatic heterocycles. The first kappa shape index (κ1) is 11.2. The Hall–Kier alpha value is -1.95. The molecule has 18 heavy (non-hydrogen) atoms. The normalized spacial score (nSPS) is 23.4. The molecule has 1 aliphatic rings. The summed E-state index contributed by atoms with van der Waals surface area (Å²) in [6.07, 6.45) is 1.08. The number of nitrogens with two attached hydrogens (primary N) is 1. The number of anilines is 1. The largest absolute Gasteiger partial charge is 0.399 e. The zero-order chi connectivity index (χ0) is 12.5. The van der Waals surface area contributed by atoms with Crippen LogP contribution in [-0.4, -0.2) is 32.9 Å². The first-order valence-corrected chi connectivity index (χ1v) is 6.01. The van der Waals surface area contributed by atoms with E-state index >= 15 is 0 Å². The Labute approximate surface area is 105 Å². The molecule has 2 unspecified atom stereocenters. The van der Waals surface area contributed by atoms with E-state index in [1.165, 1.54) is 0 Å². The molecule has 3 rings (SSSR count).